The smallest absolute Gasteiger partial charge is 0.224 e. The van der Waals surface area contributed by atoms with Crippen molar-refractivity contribution in [2.24, 2.45) is 11.7 Å². The van der Waals surface area contributed by atoms with Gasteiger partial charge >= 0.3 is 0 Å². The second kappa shape index (κ2) is 6.73. The van der Waals surface area contributed by atoms with Crippen LogP contribution in [0.3, 0.4) is 0 Å². The lowest BCUT2D eigenvalue weighted by Crippen LogP contribution is -2.52. The van der Waals surface area contributed by atoms with Crippen LogP contribution in [0.1, 0.15) is 43.6 Å². The topological polar surface area (TPSA) is 55.1 Å². The number of benzene rings is 1. The van der Waals surface area contributed by atoms with Crippen molar-refractivity contribution in [2.45, 2.75) is 43.6 Å². The molecule has 3 rings (SSSR count). The van der Waals surface area contributed by atoms with Crippen LogP contribution < -0.4 is 11.1 Å². The molecule has 0 spiro atoms. The SMILES string of the molecule is Cl.NCC1(NC(=O)C2CC2c2c(F)cccc2Cl)CCCC1. The summed E-state index contributed by atoms with van der Waals surface area (Å²) in [5, 5.41) is 3.52. The maximum absolute atomic E-state index is 13.9. The van der Waals surface area contributed by atoms with Crippen LogP contribution in [0, 0.1) is 11.7 Å². The molecule has 22 heavy (non-hydrogen) atoms. The van der Waals surface area contributed by atoms with Crippen molar-refractivity contribution >= 4 is 29.9 Å². The predicted octanol–water partition coefficient (Wildman–Crippen LogP) is 3.39. The van der Waals surface area contributed by atoms with Crippen molar-refractivity contribution in [3.63, 3.8) is 0 Å². The van der Waals surface area contributed by atoms with Gasteiger partial charge < -0.3 is 11.1 Å². The second-order valence-corrected chi connectivity index (χ2v) is 6.67. The summed E-state index contributed by atoms with van der Waals surface area (Å²) in [6.07, 6.45) is 4.74. The second-order valence-electron chi connectivity index (χ2n) is 6.26. The third-order valence-electron chi connectivity index (χ3n) is 4.84. The Labute approximate surface area is 141 Å². The molecule has 3 nitrogen and oxygen atoms in total. The number of carbonyl (C=O) groups excluding carboxylic acids is 1. The van der Waals surface area contributed by atoms with Gasteiger partial charge in [0.15, 0.2) is 0 Å². The van der Waals surface area contributed by atoms with E-state index in [1.165, 1.54) is 6.07 Å². The Morgan fingerprint density at radius 1 is 1.41 bits per heavy atom. The fraction of sp³-hybridized carbons (Fsp3) is 0.562. The Morgan fingerprint density at radius 2 is 2.09 bits per heavy atom. The van der Waals surface area contributed by atoms with Crippen LogP contribution in [-0.2, 0) is 4.79 Å². The number of nitrogens with two attached hydrogens (primary N) is 1. The van der Waals surface area contributed by atoms with Crippen molar-refractivity contribution in [2.75, 3.05) is 6.54 Å². The van der Waals surface area contributed by atoms with Gasteiger partial charge in [-0.15, -0.1) is 12.4 Å². The minimum absolute atomic E-state index is 0. The lowest BCUT2D eigenvalue weighted by atomic mass is 9.97. The molecule has 1 amide bonds. The number of hydrogen-bond acceptors (Lipinski definition) is 2. The van der Waals surface area contributed by atoms with E-state index in [4.69, 9.17) is 17.3 Å². The average Bonchev–Trinajstić information content (AvgIpc) is 3.10. The summed E-state index contributed by atoms with van der Waals surface area (Å²) in [5.74, 6) is -0.609. The van der Waals surface area contributed by atoms with Crippen molar-refractivity contribution in [3.8, 4) is 0 Å². The van der Waals surface area contributed by atoms with E-state index in [0.29, 0.717) is 23.6 Å². The summed E-state index contributed by atoms with van der Waals surface area (Å²) in [6, 6.07) is 4.65. The number of carbonyl (C=O) groups is 1. The molecule has 0 aromatic heterocycles. The van der Waals surface area contributed by atoms with E-state index in [2.05, 4.69) is 5.32 Å². The summed E-state index contributed by atoms with van der Waals surface area (Å²) in [4.78, 5) is 12.4. The van der Waals surface area contributed by atoms with Crippen LogP contribution in [0.5, 0.6) is 0 Å². The molecule has 0 saturated heterocycles. The largest absolute Gasteiger partial charge is 0.349 e. The quantitative estimate of drug-likeness (QED) is 0.877. The number of hydrogen-bond donors (Lipinski definition) is 2. The van der Waals surface area contributed by atoms with Gasteiger partial charge in [-0.05, 0) is 31.4 Å². The standard InChI is InChI=1S/C16H20ClFN2O.ClH/c17-12-4-3-5-13(18)14(12)10-8-11(10)15(21)20-16(9-19)6-1-2-7-16;/h3-5,10-11H,1-2,6-9,19H2,(H,20,21);1H. The highest BCUT2D eigenvalue weighted by Crippen LogP contribution is 2.51. The van der Waals surface area contributed by atoms with Gasteiger partial charge in [-0.25, -0.2) is 4.39 Å². The molecule has 2 atom stereocenters. The summed E-state index contributed by atoms with van der Waals surface area (Å²) in [6.45, 7) is 0.469. The monoisotopic (exact) mass is 346 g/mol. The van der Waals surface area contributed by atoms with E-state index >= 15 is 0 Å². The van der Waals surface area contributed by atoms with Gasteiger partial charge in [0, 0.05) is 29.0 Å². The van der Waals surface area contributed by atoms with Crippen molar-refractivity contribution < 1.29 is 9.18 Å². The van der Waals surface area contributed by atoms with Gasteiger partial charge in [0.25, 0.3) is 0 Å². The molecule has 2 saturated carbocycles. The van der Waals surface area contributed by atoms with Gasteiger partial charge in [0.2, 0.25) is 5.91 Å². The first kappa shape index (κ1) is 17.5. The zero-order valence-electron chi connectivity index (χ0n) is 12.3. The summed E-state index contributed by atoms with van der Waals surface area (Å²) < 4.78 is 13.9. The van der Waals surface area contributed by atoms with Gasteiger partial charge in [-0.2, -0.15) is 0 Å². The van der Waals surface area contributed by atoms with E-state index < -0.39 is 0 Å². The molecule has 2 fully saturated rings. The molecule has 0 heterocycles. The molecule has 1 aromatic carbocycles. The highest BCUT2D eigenvalue weighted by atomic mass is 35.5. The molecule has 0 aliphatic heterocycles. The Hall–Kier alpha value is -0.840. The fourth-order valence-electron chi connectivity index (χ4n) is 3.45. The van der Waals surface area contributed by atoms with Gasteiger partial charge in [0.05, 0.1) is 5.54 Å². The van der Waals surface area contributed by atoms with Crippen molar-refractivity contribution in [1.82, 2.24) is 5.32 Å². The number of rotatable bonds is 4. The van der Waals surface area contributed by atoms with Crippen LogP contribution in [-0.4, -0.2) is 18.0 Å². The Bertz CT molecular complexity index is 541. The molecule has 1 aromatic rings. The van der Waals surface area contributed by atoms with Gasteiger partial charge in [-0.1, -0.05) is 30.5 Å². The highest BCUT2D eigenvalue weighted by Gasteiger charge is 2.48. The van der Waals surface area contributed by atoms with Crippen LogP contribution in [0.25, 0.3) is 0 Å². The first-order valence-corrected chi connectivity index (χ1v) is 7.90. The average molecular weight is 347 g/mol. The van der Waals surface area contributed by atoms with Crippen LogP contribution in [0.4, 0.5) is 4.39 Å². The summed E-state index contributed by atoms with van der Waals surface area (Å²) >= 11 is 6.07. The molecule has 2 unspecified atom stereocenters. The van der Waals surface area contributed by atoms with Crippen LogP contribution >= 0.6 is 24.0 Å². The molecule has 2 aliphatic carbocycles. The zero-order valence-corrected chi connectivity index (χ0v) is 13.9. The Morgan fingerprint density at radius 3 is 2.68 bits per heavy atom. The summed E-state index contributed by atoms with van der Waals surface area (Å²) in [7, 11) is 0. The minimum atomic E-state index is -0.322. The minimum Gasteiger partial charge on any atom is -0.349 e. The molecular weight excluding hydrogens is 326 g/mol. The van der Waals surface area contributed by atoms with Crippen LogP contribution in [0.2, 0.25) is 5.02 Å². The molecule has 2 aliphatic rings. The Balaban J connectivity index is 0.00000176. The van der Waals surface area contributed by atoms with Crippen LogP contribution in [0.15, 0.2) is 18.2 Å². The summed E-state index contributed by atoms with van der Waals surface area (Å²) in [5.41, 5.74) is 6.07. The maximum atomic E-state index is 13.9. The number of halogens is 3. The van der Waals surface area contributed by atoms with Gasteiger partial charge in [0.1, 0.15) is 5.82 Å². The first-order valence-electron chi connectivity index (χ1n) is 7.52. The molecule has 122 valence electrons. The molecule has 0 bridgehead atoms. The van der Waals surface area contributed by atoms with Gasteiger partial charge in [-0.3, -0.25) is 4.79 Å². The van der Waals surface area contributed by atoms with Crippen molar-refractivity contribution in [1.29, 1.82) is 0 Å². The van der Waals surface area contributed by atoms with E-state index in [1.807, 2.05) is 0 Å². The maximum Gasteiger partial charge on any atom is 0.224 e. The number of amides is 1. The number of nitrogens with one attached hydrogen (secondary N) is 1. The lowest BCUT2D eigenvalue weighted by molar-refractivity contribution is -0.124. The van der Waals surface area contributed by atoms with Crippen molar-refractivity contribution in [3.05, 3.63) is 34.6 Å². The van der Waals surface area contributed by atoms with E-state index in [1.54, 1.807) is 12.1 Å². The fourth-order valence-corrected chi connectivity index (χ4v) is 3.76. The molecule has 0 radical (unpaired) electrons. The third-order valence-corrected chi connectivity index (χ3v) is 5.17. The molecular formula is C16H21Cl2FN2O. The predicted molar refractivity (Wildman–Crippen MR) is 87.9 cm³/mol. The third kappa shape index (κ3) is 3.24. The van der Waals surface area contributed by atoms with E-state index in [-0.39, 0.29) is 41.5 Å². The first-order chi connectivity index (χ1) is 10.1. The molecule has 3 N–H and O–H groups in total. The van der Waals surface area contributed by atoms with E-state index in [0.717, 1.165) is 25.7 Å². The highest BCUT2D eigenvalue weighted by molar-refractivity contribution is 6.31. The molecule has 6 heteroatoms. The van der Waals surface area contributed by atoms with E-state index in [9.17, 15) is 9.18 Å². The zero-order chi connectivity index (χ0) is 15.0. The Kier molecular flexibility index (Phi) is 5.36. The lowest BCUT2D eigenvalue weighted by Gasteiger charge is -2.28. The normalized spacial score (nSPS) is 25.4.